The van der Waals surface area contributed by atoms with Crippen molar-refractivity contribution in [2.45, 2.75) is 19.3 Å². The van der Waals surface area contributed by atoms with Crippen LogP contribution in [-0.4, -0.2) is 20.4 Å². The third kappa shape index (κ3) is 7.78. The molecule has 0 spiro atoms. The number of para-hydroxylation sites is 2. The number of hydrogen-bond donors (Lipinski definition) is 4. The molecule has 4 aromatic rings. The number of benzene rings is 4. The molecule has 0 unspecified atom stereocenters. The molecule has 4 N–H and O–H groups in total. The van der Waals surface area contributed by atoms with Gasteiger partial charge < -0.3 is 20.4 Å². The fourth-order valence-electron chi connectivity index (χ4n) is 2.81. The molecule has 0 bridgehead atoms. The van der Waals surface area contributed by atoms with Gasteiger partial charge in [-0.3, -0.25) is 0 Å². The van der Waals surface area contributed by atoms with E-state index in [0.717, 1.165) is 11.1 Å². The molecule has 0 fully saturated rings. The number of rotatable bonds is 2. The highest BCUT2D eigenvalue weighted by Crippen LogP contribution is 2.34. The Hall–Kier alpha value is -3.92. The minimum atomic E-state index is -0.252. The van der Waals surface area contributed by atoms with Gasteiger partial charge in [0.25, 0.3) is 0 Å². The zero-order chi connectivity index (χ0) is 22.7. The van der Waals surface area contributed by atoms with E-state index < -0.39 is 0 Å². The lowest BCUT2D eigenvalue weighted by molar-refractivity contribution is 0.469. The summed E-state index contributed by atoms with van der Waals surface area (Å²) >= 11 is 0. The van der Waals surface area contributed by atoms with E-state index in [-0.39, 0.29) is 16.9 Å². The lowest BCUT2D eigenvalue weighted by Gasteiger charge is -2.26. The number of hydrogen-bond acceptors (Lipinski definition) is 4. The second-order valence-electron chi connectivity index (χ2n) is 7.40. The number of phenols is 4. The van der Waals surface area contributed by atoms with E-state index in [9.17, 15) is 10.2 Å². The third-order valence-electron chi connectivity index (χ3n) is 4.65. The molecule has 0 aliphatic carbocycles. The summed E-state index contributed by atoms with van der Waals surface area (Å²) in [6.07, 6.45) is 0. The van der Waals surface area contributed by atoms with Crippen molar-refractivity contribution in [3.8, 4) is 23.0 Å². The summed E-state index contributed by atoms with van der Waals surface area (Å²) in [6, 6.07) is 31.9. The first-order valence-corrected chi connectivity index (χ1v) is 9.86. The zero-order valence-corrected chi connectivity index (χ0v) is 17.7. The molecule has 0 heterocycles. The van der Waals surface area contributed by atoms with Gasteiger partial charge in [-0.1, -0.05) is 74.5 Å². The molecular weight excluding hydrogens is 388 g/mol. The summed E-state index contributed by atoms with van der Waals surface area (Å²) in [7, 11) is 0. The Kier molecular flexibility index (Phi) is 8.52. The van der Waals surface area contributed by atoms with Crippen molar-refractivity contribution < 1.29 is 20.4 Å². The first-order chi connectivity index (χ1) is 14.8. The fourth-order valence-corrected chi connectivity index (χ4v) is 2.81. The van der Waals surface area contributed by atoms with Crippen LogP contribution in [0, 0.1) is 0 Å². The summed E-state index contributed by atoms with van der Waals surface area (Å²) in [6.45, 7) is 4.13. The lowest BCUT2D eigenvalue weighted by Crippen LogP contribution is -2.18. The molecule has 0 saturated carbocycles. The first kappa shape index (κ1) is 23.4. The van der Waals surface area contributed by atoms with Crippen molar-refractivity contribution in [3.05, 3.63) is 120 Å². The number of phenolic OH excluding ortho intramolecular Hbond substituents is 4. The highest BCUT2D eigenvalue weighted by Gasteiger charge is 2.23. The average Bonchev–Trinajstić information content (AvgIpc) is 2.76. The Balaban J connectivity index is 0.000000199. The zero-order valence-electron chi connectivity index (χ0n) is 17.7. The smallest absolute Gasteiger partial charge is 0.115 e. The van der Waals surface area contributed by atoms with Crippen molar-refractivity contribution >= 4 is 0 Å². The van der Waals surface area contributed by atoms with Crippen LogP contribution in [0.1, 0.15) is 25.0 Å². The summed E-state index contributed by atoms with van der Waals surface area (Å²) < 4.78 is 0. The van der Waals surface area contributed by atoms with Gasteiger partial charge in [0.2, 0.25) is 0 Å². The van der Waals surface area contributed by atoms with Crippen LogP contribution in [-0.2, 0) is 5.41 Å². The molecule has 0 aromatic heterocycles. The molecule has 4 aromatic carbocycles. The van der Waals surface area contributed by atoms with Gasteiger partial charge in [-0.05, 0) is 59.7 Å². The number of aromatic hydroxyl groups is 4. The predicted octanol–water partition coefficient (Wildman–Crippen LogP) is 6.21. The quantitative estimate of drug-likeness (QED) is 0.313. The van der Waals surface area contributed by atoms with Crippen LogP contribution in [0.25, 0.3) is 0 Å². The summed E-state index contributed by atoms with van der Waals surface area (Å²) in [5.41, 5.74) is 1.78. The van der Waals surface area contributed by atoms with Gasteiger partial charge in [-0.15, -0.1) is 0 Å². The van der Waals surface area contributed by atoms with Gasteiger partial charge in [-0.2, -0.15) is 0 Å². The van der Waals surface area contributed by atoms with Gasteiger partial charge in [0.05, 0.1) is 0 Å². The Morgan fingerprint density at radius 3 is 1.00 bits per heavy atom. The monoisotopic (exact) mass is 416 g/mol. The van der Waals surface area contributed by atoms with Crippen LogP contribution in [0.3, 0.4) is 0 Å². The van der Waals surface area contributed by atoms with Crippen molar-refractivity contribution in [1.29, 1.82) is 0 Å². The standard InChI is InChI=1S/C15H16O2.2C6H6O/c1-15(2,11-5-3-7-13(16)9-11)12-6-4-8-14(17)10-12;2*7-6-4-2-1-3-5-6/h3-10,16-17H,1-2H3;2*1-5,7H. The molecule has 0 amide bonds. The Bertz CT molecular complexity index is 960. The highest BCUT2D eigenvalue weighted by molar-refractivity contribution is 5.42. The minimum absolute atomic E-state index is 0.252. The van der Waals surface area contributed by atoms with E-state index in [1.807, 2.05) is 36.4 Å². The van der Waals surface area contributed by atoms with Gasteiger partial charge in [0.15, 0.2) is 0 Å². The van der Waals surface area contributed by atoms with E-state index in [2.05, 4.69) is 13.8 Å². The van der Waals surface area contributed by atoms with Gasteiger partial charge in [-0.25, -0.2) is 0 Å². The molecule has 0 radical (unpaired) electrons. The Morgan fingerprint density at radius 2 is 0.742 bits per heavy atom. The summed E-state index contributed by atoms with van der Waals surface area (Å²) in [5.74, 6) is 1.16. The Labute approximate surface area is 183 Å². The predicted molar refractivity (Wildman–Crippen MR) is 125 cm³/mol. The van der Waals surface area contributed by atoms with Crippen molar-refractivity contribution in [2.24, 2.45) is 0 Å². The van der Waals surface area contributed by atoms with Crippen LogP contribution >= 0.6 is 0 Å². The lowest BCUT2D eigenvalue weighted by atomic mass is 9.78. The van der Waals surface area contributed by atoms with Crippen LogP contribution in [0.4, 0.5) is 0 Å². The highest BCUT2D eigenvalue weighted by atomic mass is 16.3. The molecule has 0 aliphatic rings. The molecule has 4 rings (SSSR count). The normalized spacial score (nSPS) is 10.1. The van der Waals surface area contributed by atoms with Crippen LogP contribution in [0.5, 0.6) is 23.0 Å². The fraction of sp³-hybridized carbons (Fsp3) is 0.111. The van der Waals surface area contributed by atoms with Crippen molar-refractivity contribution in [2.75, 3.05) is 0 Å². The van der Waals surface area contributed by atoms with Gasteiger partial charge in [0, 0.05) is 5.41 Å². The maximum absolute atomic E-state index is 9.53. The molecule has 31 heavy (non-hydrogen) atoms. The average molecular weight is 417 g/mol. The van der Waals surface area contributed by atoms with E-state index in [4.69, 9.17) is 10.2 Å². The van der Waals surface area contributed by atoms with Crippen molar-refractivity contribution in [1.82, 2.24) is 0 Å². The topological polar surface area (TPSA) is 80.9 Å². The van der Waals surface area contributed by atoms with Crippen molar-refractivity contribution in [3.63, 3.8) is 0 Å². The van der Waals surface area contributed by atoms with E-state index >= 15 is 0 Å². The molecule has 4 nitrogen and oxygen atoms in total. The second kappa shape index (κ2) is 11.3. The van der Waals surface area contributed by atoms with Crippen LogP contribution in [0.15, 0.2) is 109 Å². The van der Waals surface area contributed by atoms with Gasteiger partial charge >= 0.3 is 0 Å². The maximum Gasteiger partial charge on any atom is 0.115 e. The molecule has 0 saturated heterocycles. The van der Waals surface area contributed by atoms with E-state index in [0.29, 0.717) is 11.5 Å². The maximum atomic E-state index is 9.53. The SMILES string of the molecule is CC(C)(c1cccc(O)c1)c1cccc(O)c1.Oc1ccccc1.Oc1ccccc1. The minimum Gasteiger partial charge on any atom is -0.508 e. The third-order valence-corrected chi connectivity index (χ3v) is 4.65. The first-order valence-electron chi connectivity index (χ1n) is 9.86. The molecule has 0 aliphatic heterocycles. The van der Waals surface area contributed by atoms with Crippen LogP contribution < -0.4 is 0 Å². The molecular formula is C27H28O4. The van der Waals surface area contributed by atoms with E-state index in [1.165, 1.54) is 0 Å². The summed E-state index contributed by atoms with van der Waals surface area (Å²) in [4.78, 5) is 0. The Morgan fingerprint density at radius 1 is 0.419 bits per heavy atom. The largest absolute Gasteiger partial charge is 0.508 e. The van der Waals surface area contributed by atoms with E-state index in [1.54, 1.807) is 72.8 Å². The second-order valence-corrected chi connectivity index (χ2v) is 7.40. The molecule has 4 heteroatoms. The molecule has 160 valence electrons. The summed E-state index contributed by atoms with van der Waals surface area (Å²) in [5, 5.41) is 36.3. The molecule has 0 atom stereocenters. The van der Waals surface area contributed by atoms with Gasteiger partial charge in [0.1, 0.15) is 23.0 Å². The van der Waals surface area contributed by atoms with Crippen LogP contribution in [0.2, 0.25) is 0 Å².